The van der Waals surface area contributed by atoms with E-state index in [1.165, 1.54) is 0 Å². The fourth-order valence-electron chi connectivity index (χ4n) is 1.19. The molecule has 1 heterocycles. The van der Waals surface area contributed by atoms with Crippen LogP contribution in [-0.2, 0) is 4.74 Å². The van der Waals surface area contributed by atoms with E-state index in [9.17, 15) is 4.79 Å². The van der Waals surface area contributed by atoms with Gasteiger partial charge in [-0.3, -0.25) is 4.98 Å². The summed E-state index contributed by atoms with van der Waals surface area (Å²) in [5.41, 5.74) is 1.36. The molecule has 86 valence electrons. The normalized spacial score (nSPS) is 11.6. The molecular formula is C12H16N2O2. The highest BCUT2D eigenvalue weighted by Gasteiger charge is 2.07. The number of pyridine rings is 1. The standard InChI is InChI=1S/C12H16N2O2/c1-4-10(11-7-5-6-8-13-11)14-12(15)16-9(2)3/h5-9H,4H2,1-3H3. The van der Waals surface area contributed by atoms with Crippen molar-refractivity contribution < 1.29 is 9.53 Å². The molecule has 16 heavy (non-hydrogen) atoms. The molecule has 0 aliphatic heterocycles. The van der Waals surface area contributed by atoms with Gasteiger partial charge in [0.2, 0.25) is 0 Å². The number of hydrogen-bond donors (Lipinski definition) is 0. The van der Waals surface area contributed by atoms with Crippen LogP contribution in [0.2, 0.25) is 0 Å². The smallest absolute Gasteiger partial charge is 0.434 e. The van der Waals surface area contributed by atoms with Gasteiger partial charge in [-0.05, 0) is 32.4 Å². The van der Waals surface area contributed by atoms with Gasteiger partial charge >= 0.3 is 6.09 Å². The Balaban J connectivity index is 2.82. The van der Waals surface area contributed by atoms with E-state index in [4.69, 9.17) is 4.74 Å². The van der Waals surface area contributed by atoms with Gasteiger partial charge in [-0.1, -0.05) is 13.0 Å². The second-order valence-corrected chi connectivity index (χ2v) is 3.56. The molecule has 0 aromatic carbocycles. The fraction of sp³-hybridized carbons (Fsp3) is 0.417. The molecule has 0 N–H and O–H groups in total. The monoisotopic (exact) mass is 220 g/mol. The molecule has 1 aromatic rings. The minimum Gasteiger partial charge on any atom is -0.445 e. The second-order valence-electron chi connectivity index (χ2n) is 3.56. The number of nitrogens with zero attached hydrogens (tertiary/aromatic N) is 2. The Hall–Kier alpha value is -1.71. The largest absolute Gasteiger partial charge is 0.445 e. The third-order valence-corrected chi connectivity index (χ3v) is 1.86. The number of rotatable bonds is 3. The lowest BCUT2D eigenvalue weighted by molar-refractivity contribution is 0.126. The van der Waals surface area contributed by atoms with E-state index in [0.717, 1.165) is 0 Å². The minimum atomic E-state index is -0.558. The summed E-state index contributed by atoms with van der Waals surface area (Å²) < 4.78 is 4.95. The number of carbonyl (C=O) groups excluding carboxylic acids is 1. The van der Waals surface area contributed by atoms with Gasteiger partial charge in [0.25, 0.3) is 0 Å². The number of aliphatic imine (C=N–C) groups is 1. The zero-order valence-corrected chi connectivity index (χ0v) is 9.80. The number of ether oxygens (including phenoxy) is 1. The van der Waals surface area contributed by atoms with Crippen molar-refractivity contribution in [3.05, 3.63) is 30.1 Å². The number of amides is 1. The van der Waals surface area contributed by atoms with Crippen molar-refractivity contribution in [3.63, 3.8) is 0 Å². The third kappa shape index (κ3) is 3.81. The molecule has 0 atom stereocenters. The Bertz CT molecular complexity index is 372. The predicted molar refractivity (Wildman–Crippen MR) is 62.7 cm³/mol. The van der Waals surface area contributed by atoms with Gasteiger partial charge in [0, 0.05) is 6.20 Å². The lowest BCUT2D eigenvalue weighted by Crippen LogP contribution is -2.11. The van der Waals surface area contributed by atoms with Crippen LogP contribution < -0.4 is 0 Å². The first-order valence-electron chi connectivity index (χ1n) is 5.33. The Labute approximate surface area is 95.4 Å². The molecule has 1 amide bonds. The quantitative estimate of drug-likeness (QED) is 0.736. The molecule has 1 rings (SSSR count). The third-order valence-electron chi connectivity index (χ3n) is 1.86. The average Bonchev–Trinajstić information content (AvgIpc) is 2.26. The van der Waals surface area contributed by atoms with Crippen LogP contribution in [0, 0.1) is 0 Å². The lowest BCUT2D eigenvalue weighted by atomic mass is 10.2. The summed E-state index contributed by atoms with van der Waals surface area (Å²) in [6.45, 7) is 5.51. The van der Waals surface area contributed by atoms with Crippen molar-refractivity contribution in [3.8, 4) is 0 Å². The first-order valence-corrected chi connectivity index (χ1v) is 5.33. The van der Waals surface area contributed by atoms with Crippen LogP contribution in [-0.4, -0.2) is 22.9 Å². The van der Waals surface area contributed by atoms with Crippen LogP contribution in [0.5, 0.6) is 0 Å². The van der Waals surface area contributed by atoms with Crippen molar-refractivity contribution in [1.29, 1.82) is 0 Å². The van der Waals surface area contributed by atoms with Crippen molar-refractivity contribution >= 4 is 11.8 Å². The van der Waals surface area contributed by atoms with Gasteiger partial charge < -0.3 is 4.74 Å². The van der Waals surface area contributed by atoms with Gasteiger partial charge in [0.15, 0.2) is 0 Å². The summed E-state index contributed by atoms with van der Waals surface area (Å²) in [6.07, 6.45) is 1.61. The topological polar surface area (TPSA) is 51.5 Å². The SMILES string of the molecule is CCC(=NC(=O)OC(C)C)c1ccccn1. The van der Waals surface area contributed by atoms with Crippen LogP contribution in [0.4, 0.5) is 4.79 Å². The summed E-state index contributed by atoms with van der Waals surface area (Å²) in [6, 6.07) is 5.51. The maximum atomic E-state index is 11.4. The second kappa shape index (κ2) is 6.00. The van der Waals surface area contributed by atoms with Gasteiger partial charge in [-0.25, -0.2) is 4.79 Å². The molecule has 4 heteroatoms. The average molecular weight is 220 g/mol. The Kier molecular flexibility index (Phi) is 4.64. The molecule has 0 spiro atoms. The van der Waals surface area contributed by atoms with Crippen molar-refractivity contribution in [2.24, 2.45) is 4.99 Å². The molecule has 0 fully saturated rings. The lowest BCUT2D eigenvalue weighted by Gasteiger charge is -2.06. The summed E-state index contributed by atoms with van der Waals surface area (Å²) in [5, 5.41) is 0. The highest BCUT2D eigenvalue weighted by atomic mass is 16.6. The van der Waals surface area contributed by atoms with E-state index in [0.29, 0.717) is 17.8 Å². The van der Waals surface area contributed by atoms with E-state index in [-0.39, 0.29) is 6.10 Å². The van der Waals surface area contributed by atoms with E-state index in [1.54, 1.807) is 20.0 Å². The molecule has 0 aliphatic carbocycles. The maximum absolute atomic E-state index is 11.4. The van der Waals surface area contributed by atoms with Gasteiger partial charge in [0.1, 0.15) is 0 Å². The Morgan fingerprint density at radius 3 is 2.75 bits per heavy atom. The van der Waals surface area contributed by atoms with Crippen molar-refractivity contribution in [2.75, 3.05) is 0 Å². The van der Waals surface area contributed by atoms with Crippen LogP contribution in [0.25, 0.3) is 0 Å². The molecule has 0 bridgehead atoms. The maximum Gasteiger partial charge on any atom is 0.434 e. The first kappa shape index (κ1) is 12.4. The van der Waals surface area contributed by atoms with Crippen molar-refractivity contribution in [2.45, 2.75) is 33.3 Å². The molecule has 0 unspecified atom stereocenters. The highest BCUT2D eigenvalue weighted by molar-refractivity contribution is 6.03. The van der Waals surface area contributed by atoms with E-state index >= 15 is 0 Å². The van der Waals surface area contributed by atoms with Crippen LogP contribution >= 0.6 is 0 Å². The summed E-state index contributed by atoms with van der Waals surface area (Å²) in [5.74, 6) is 0. The fourth-order valence-corrected chi connectivity index (χ4v) is 1.19. The summed E-state index contributed by atoms with van der Waals surface area (Å²) in [7, 11) is 0. The van der Waals surface area contributed by atoms with Gasteiger partial charge in [0.05, 0.1) is 17.5 Å². The number of aromatic nitrogens is 1. The van der Waals surface area contributed by atoms with Crippen molar-refractivity contribution in [1.82, 2.24) is 4.98 Å². The van der Waals surface area contributed by atoms with E-state index in [1.807, 2.05) is 25.1 Å². The van der Waals surface area contributed by atoms with Gasteiger partial charge in [-0.15, -0.1) is 0 Å². The summed E-state index contributed by atoms with van der Waals surface area (Å²) >= 11 is 0. The summed E-state index contributed by atoms with van der Waals surface area (Å²) in [4.78, 5) is 19.4. The predicted octanol–water partition coefficient (Wildman–Crippen LogP) is 2.83. The first-order chi connectivity index (χ1) is 7.63. The Morgan fingerprint density at radius 2 is 2.25 bits per heavy atom. The molecule has 4 nitrogen and oxygen atoms in total. The van der Waals surface area contributed by atoms with E-state index in [2.05, 4.69) is 9.98 Å². The van der Waals surface area contributed by atoms with Crippen LogP contribution in [0.1, 0.15) is 32.9 Å². The highest BCUT2D eigenvalue weighted by Crippen LogP contribution is 2.03. The van der Waals surface area contributed by atoms with Crippen LogP contribution in [0.15, 0.2) is 29.4 Å². The Morgan fingerprint density at radius 1 is 1.50 bits per heavy atom. The molecular weight excluding hydrogens is 204 g/mol. The molecule has 0 aliphatic rings. The molecule has 0 saturated carbocycles. The molecule has 0 radical (unpaired) electrons. The molecule has 1 aromatic heterocycles. The van der Waals surface area contributed by atoms with Crippen LogP contribution in [0.3, 0.4) is 0 Å². The number of hydrogen-bond acceptors (Lipinski definition) is 3. The zero-order valence-electron chi connectivity index (χ0n) is 9.80. The molecule has 0 saturated heterocycles. The zero-order chi connectivity index (χ0) is 12.0. The van der Waals surface area contributed by atoms with E-state index < -0.39 is 6.09 Å². The number of carbonyl (C=O) groups is 1. The minimum absolute atomic E-state index is 0.155. The van der Waals surface area contributed by atoms with Gasteiger partial charge in [-0.2, -0.15) is 4.99 Å².